The van der Waals surface area contributed by atoms with Crippen molar-refractivity contribution in [3.05, 3.63) is 29.3 Å². The van der Waals surface area contributed by atoms with Gasteiger partial charge in [-0.1, -0.05) is 30.5 Å². The fourth-order valence-corrected chi connectivity index (χ4v) is 2.42. The average Bonchev–Trinajstić information content (AvgIpc) is 2.57. The molecule has 1 N–H and O–H groups in total. The highest BCUT2D eigenvalue weighted by atomic mass is 16.5. The molecule has 2 rings (SSSR count). The lowest BCUT2D eigenvalue weighted by Gasteiger charge is -2.19. The number of aryl methyl sites for hydroxylation is 1. The maximum atomic E-state index is 5.45. The molecule has 1 aromatic carbocycles. The third-order valence-electron chi connectivity index (χ3n) is 3.32. The lowest BCUT2D eigenvalue weighted by atomic mass is 9.99. The van der Waals surface area contributed by atoms with Crippen LogP contribution in [0.3, 0.4) is 0 Å². The second-order valence-corrected chi connectivity index (χ2v) is 4.60. The van der Waals surface area contributed by atoms with Crippen LogP contribution in [0.5, 0.6) is 5.75 Å². The lowest BCUT2D eigenvalue weighted by Crippen LogP contribution is -2.20. The number of hydrogen-bond donors (Lipinski definition) is 1. The fraction of sp³-hybridized carbons (Fsp3) is 0.571. The Morgan fingerprint density at radius 3 is 2.94 bits per heavy atom. The summed E-state index contributed by atoms with van der Waals surface area (Å²) in [6, 6.07) is 6.91. The zero-order valence-corrected chi connectivity index (χ0v) is 10.3. The Labute approximate surface area is 98.0 Å². The minimum absolute atomic E-state index is 0.470. The first-order valence-electron chi connectivity index (χ1n) is 6.19. The number of hydrogen-bond acceptors (Lipinski definition) is 2. The van der Waals surface area contributed by atoms with Crippen molar-refractivity contribution in [1.82, 2.24) is 5.32 Å². The molecule has 1 atom stereocenters. The Bertz CT molecular complexity index is 341. The predicted octanol–water partition coefficient (Wildman–Crippen LogP) is 3.21. The second-order valence-electron chi connectivity index (χ2n) is 4.60. The molecule has 0 unspecified atom stereocenters. The van der Waals surface area contributed by atoms with Gasteiger partial charge in [0.25, 0.3) is 0 Å². The van der Waals surface area contributed by atoms with Crippen molar-refractivity contribution in [2.75, 3.05) is 13.7 Å². The van der Waals surface area contributed by atoms with Gasteiger partial charge in [-0.2, -0.15) is 0 Å². The van der Waals surface area contributed by atoms with Gasteiger partial charge in [0, 0.05) is 11.6 Å². The zero-order chi connectivity index (χ0) is 11.4. The minimum atomic E-state index is 0.470. The highest BCUT2D eigenvalue weighted by Crippen LogP contribution is 2.30. The van der Waals surface area contributed by atoms with Crippen LogP contribution in [-0.2, 0) is 0 Å². The van der Waals surface area contributed by atoms with Crippen molar-refractivity contribution in [2.45, 2.75) is 38.6 Å². The van der Waals surface area contributed by atoms with E-state index in [1.54, 1.807) is 7.11 Å². The number of methoxy groups -OCH3 is 1. The van der Waals surface area contributed by atoms with Crippen molar-refractivity contribution in [3.8, 4) is 5.75 Å². The van der Waals surface area contributed by atoms with E-state index in [0.717, 1.165) is 12.3 Å². The first-order chi connectivity index (χ1) is 7.81. The van der Waals surface area contributed by atoms with Crippen molar-refractivity contribution in [3.63, 3.8) is 0 Å². The number of nitrogens with one attached hydrogen (secondary N) is 1. The van der Waals surface area contributed by atoms with E-state index in [9.17, 15) is 0 Å². The molecule has 1 aliphatic heterocycles. The summed E-state index contributed by atoms with van der Waals surface area (Å²) in [6.07, 6.45) is 5.18. The van der Waals surface area contributed by atoms with Gasteiger partial charge in [-0.15, -0.1) is 0 Å². The Balaban J connectivity index is 2.25. The van der Waals surface area contributed by atoms with Crippen molar-refractivity contribution in [2.24, 2.45) is 0 Å². The van der Waals surface area contributed by atoms with E-state index in [4.69, 9.17) is 4.74 Å². The van der Waals surface area contributed by atoms with Gasteiger partial charge < -0.3 is 10.1 Å². The van der Waals surface area contributed by atoms with Crippen LogP contribution in [-0.4, -0.2) is 13.7 Å². The van der Waals surface area contributed by atoms with E-state index >= 15 is 0 Å². The van der Waals surface area contributed by atoms with E-state index in [1.165, 1.54) is 36.8 Å². The van der Waals surface area contributed by atoms with Crippen LogP contribution in [0.15, 0.2) is 18.2 Å². The molecule has 0 saturated carbocycles. The maximum absolute atomic E-state index is 5.45. The molecule has 2 heteroatoms. The molecule has 0 aromatic heterocycles. The Morgan fingerprint density at radius 2 is 2.12 bits per heavy atom. The van der Waals surface area contributed by atoms with Gasteiger partial charge >= 0.3 is 0 Å². The molecule has 0 spiro atoms. The summed E-state index contributed by atoms with van der Waals surface area (Å²) in [4.78, 5) is 0. The molecule has 0 amide bonds. The molecule has 1 aliphatic rings. The first kappa shape index (κ1) is 11.5. The van der Waals surface area contributed by atoms with E-state index in [1.807, 2.05) is 0 Å². The Morgan fingerprint density at radius 1 is 1.25 bits per heavy atom. The largest absolute Gasteiger partial charge is 0.496 e. The van der Waals surface area contributed by atoms with Gasteiger partial charge in [-0.05, 0) is 32.4 Å². The standard InChI is InChI=1S/C14H21NO/c1-11-7-8-14(16-2)12(10-11)13-6-4-3-5-9-15-13/h7-8,10,13,15H,3-6,9H2,1-2H3/t13-/m0/s1. The molecule has 1 saturated heterocycles. The minimum Gasteiger partial charge on any atom is -0.496 e. The van der Waals surface area contributed by atoms with Crippen LogP contribution in [0.1, 0.15) is 42.9 Å². The van der Waals surface area contributed by atoms with E-state index in [0.29, 0.717) is 6.04 Å². The van der Waals surface area contributed by atoms with Gasteiger partial charge in [0.2, 0.25) is 0 Å². The first-order valence-corrected chi connectivity index (χ1v) is 6.19. The van der Waals surface area contributed by atoms with Gasteiger partial charge in [0.1, 0.15) is 5.75 Å². The third-order valence-corrected chi connectivity index (χ3v) is 3.32. The lowest BCUT2D eigenvalue weighted by molar-refractivity contribution is 0.397. The quantitative estimate of drug-likeness (QED) is 0.824. The van der Waals surface area contributed by atoms with E-state index in [2.05, 4.69) is 30.4 Å². The maximum Gasteiger partial charge on any atom is 0.123 e. The second kappa shape index (κ2) is 5.35. The van der Waals surface area contributed by atoms with Crippen molar-refractivity contribution < 1.29 is 4.74 Å². The molecule has 1 aromatic rings. The summed E-state index contributed by atoms with van der Waals surface area (Å²) >= 11 is 0. The third kappa shape index (κ3) is 2.56. The highest BCUT2D eigenvalue weighted by Gasteiger charge is 2.17. The summed E-state index contributed by atoms with van der Waals surface area (Å²) in [5.74, 6) is 1.02. The number of ether oxygens (including phenoxy) is 1. The van der Waals surface area contributed by atoms with E-state index in [-0.39, 0.29) is 0 Å². The zero-order valence-electron chi connectivity index (χ0n) is 10.3. The van der Waals surface area contributed by atoms with Crippen LogP contribution in [0.25, 0.3) is 0 Å². The fourth-order valence-electron chi connectivity index (χ4n) is 2.42. The molecule has 88 valence electrons. The molecule has 1 fully saturated rings. The Kier molecular flexibility index (Phi) is 3.83. The summed E-state index contributed by atoms with van der Waals surface area (Å²) in [6.45, 7) is 3.27. The molecular formula is C14H21NO. The SMILES string of the molecule is COc1ccc(C)cc1[C@@H]1CCCCCN1. The molecule has 0 radical (unpaired) electrons. The van der Waals surface area contributed by atoms with Crippen LogP contribution < -0.4 is 10.1 Å². The highest BCUT2D eigenvalue weighted by molar-refractivity contribution is 5.39. The number of rotatable bonds is 2. The van der Waals surface area contributed by atoms with Crippen LogP contribution in [0, 0.1) is 6.92 Å². The topological polar surface area (TPSA) is 21.3 Å². The smallest absolute Gasteiger partial charge is 0.123 e. The molecular weight excluding hydrogens is 198 g/mol. The monoisotopic (exact) mass is 219 g/mol. The molecule has 1 heterocycles. The van der Waals surface area contributed by atoms with Gasteiger partial charge in [-0.25, -0.2) is 0 Å². The van der Waals surface area contributed by atoms with Crippen molar-refractivity contribution in [1.29, 1.82) is 0 Å². The summed E-state index contributed by atoms with van der Waals surface area (Å²) in [5, 5.41) is 3.62. The summed E-state index contributed by atoms with van der Waals surface area (Å²) in [7, 11) is 1.75. The van der Waals surface area contributed by atoms with Crippen LogP contribution in [0.2, 0.25) is 0 Å². The van der Waals surface area contributed by atoms with Gasteiger partial charge in [0.05, 0.1) is 7.11 Å². The molecule has 0 aliphatic carbocycles. The van der Waals surface area contributed by atoms with Gasteiger partial charge in [0.15, 0.2) is 0 Å². The Hall–Kier alpha value is -1.02. The normalized spacial score (nSPS) is 21.5. The molecule has 0 bridgehead atoms. The van der Waals surface area contributed by atoms with Gasteiger partial charge in [-0.3, -0.25) is 0 Å². The molecule has 2 nitrogen and oxygen atoms in total. The van der Waals surface area contributed by atoms with Crippen LogP contribution >= 0.6 is 0 Å². The molecule has 16 heavy (non-hydrogen) atoms. The predicted molar refractivity (Wildman–Crippen MR) is 66.9 cm³/mol. The summed E-state index contributed by atoms with van der Waals surface area (Å²) < 4.78 is 5.45. The number of benzene rings is 1. The average molecular weight is 219 g/mol. The van der Waals surface area contributed by atoms with Crippen molar-refractivity contribution >= 4 is 0 Å². The van der Waals surface area contributed by atoms with Crippen LogP contribution in [0.4, 0.5) is 0 Å². The summed E-state index contributed by atoms with van der Waals surface area (Å²) in [5.41, 5.74) is 2.63. The van der Waals surface area contributed by atoms with E-state index < -0.39 is 0 Å².